The first-order valence-electron chi connectivity index (χ1n) is 4.00. The van der Waals surface area contributed by atoms with Crippen LogP contribution >= 0.6 is 11.8 Å². The van der Waals surface area contributed by atoms with E-state index >= 15 is 0 Å². The van der Waals surface area contributed by atoms with E-state index in [2.05, 4.69) is 10.3 Å². The van der Waals surface area contributed by atoms with Gasteiger partial charge in [-0.1, -0.05) is 11.8 Å². The summed E-state index contributed by atoms with van der Waals surface area (Å²) in [5.74, 6) is -3.51. The molecule has 0 aliphatic heterocycles. The van der Waals surface area contributed by atoms with Crippen molar-refractivity contribution >= 4 is 22.6 Å². The fourth-order valence-corrected chi connectivity index (χ4v) is 1.24. The molecule has 0 spiro atoms. The van der Waals surface area contributed by atoms with Crippen molar-refractivity contribution in [3.63, 3.8) is 0 Å². The number of rotatable bonds is 1. The SMILES string of the molecule is CSC(=Nc1cc(F)cc(F)c1F)NC#N. The molecular weight excluding hydrogens is 239 g/mol. The summed E-state index contributed by atoms with van der Waals surface area (Å²) in [6, 6.07) is 1.17. The molecule has 1 N–H and O–H groups in total. The minimum Gasteiger partial charge on any atom is -0.271 e. The molecule has 0 fully saturated rings. The molecule has 0 saturated carbocycles. The van der Waals surface area contributed by atoms with Crippen molar-refractivity contribution < 1.29 is 13.2 Å². The summed E-state index contributed by atoms with van der Waals surface area (Å²) in [7, 11) is 0. The number of nitrogens with one attached hydrogen (secondary N) is 1. The summed E-state index contributed by atoms with van der Waals surface area (Å²) in [4.78, 5) is 3.58. The highest BCUT2D eigenvalue weighted by molar-refractivity contribution is 8.13. The van der Waals surface area contributed by atoms with Crippen molar-refractivity contribution in [3.05, 3.63) is 29.6 Å². The molecule has 1 rings (SSSR count). The van der Waals surface area contributed by atoms with E-state index in [-0.39, 0.29) is 5.17 Å². The summed E-state index contributed by atoms with van der Waals surface area (Å²) >= 11 is 1.01. The van der Waals surface area contributed by atoms with Gasteiger partial charge in [0, 0.05) is 12.1 Å². The zero-order valence-electron chi connectivity index (χ0n) is 8.09. The monoisotopic (exact) mass is 245 g/mol. The summed E-state index contributed by atoms with van der Waals surface area (Å²) in [6.07, 6.45) is 3.16. The molecule has 7 heteroatoms. The van der Waals surface area contributed by atoms with Crippen LogP contribution in [0.25, 0.3) is 0 Å². The molecule has 84 valence electrons. The number of thioether (sulfide) groups is 1. The molecule has 0 amide bonds. The Labute approximate surface area is 94.0 Å². The Hall–Kier alpha value is -1.68. The Bertz CT molecular complexity index is 468. The molecule has 0 atom stereocenters. The predicted molar refractivity (Wildman–Crippen MR) is 55.7 cm³/mol. The first kappa shape index (κ1) is 12.4. The van der Waals surface area contributed by atoms with E-state index in [9.17, 15) is 13.2 Å². The van der Waals surface area contributed by atoms with Gasteiger partial charge in [-0.3, -0.25) is 5.32 Å². The average molecular weight is 245 g/mol. The minimum atomic E-state index is -1.32. The number of halogens is 3. The Balaban J connectivity index is 3.18. The fraction of sp³-hybridized carbons (Fsp3) is 0.111. The van der Waals surface area contributed by atoms with Crippen molar-refractivity contribution in [1.82, 2.24) is 5.32 Å². The Morgan fingerprint density at radius 3 is 2.69 bits per heavy atom. The second-order valence-electron chi connectivity index (χ2n) is 2.58. The number of nitrogens with zero attached hydrogens (tertiary/aromatic N) is 2. The molecule has 1 aromatic carbocycles. The second-order valence-corrected chi connectivity index (χ2v) is 3.37. The van der Waals surface area contributed by atoms with E-state index < -0.39 is 23.1 Å². The van der Waals surface area contributed by atoms with Crippen LogP contribution in [0.3, 0.4) is 0 Å². The summed E-state index contributed by atoms with van der Waals surface area (Å²) in [6.45, 7) is 0. The number of nitriles is 1. The first-order chi connectivity index (χ1) is 7.58. The van der Waals surface area contributed by atoms with Crippen molar-refractivity contribution in [3.8, 4) is 6.19 Å². The van der Waals surface area contributed by atoms with Crippen LogP contribution in [0.15, 0.2) is 17.1 Å². The lowest BCUT2D eigenvalue weighted by molar-refractivity contribution is 0.497. The highest BCUT2D eigenvalue weighted by atomic mass is 32.2. The van der Waals surface area contributed by atoms with Gasteiger partial charge in [-0.2, -0.15) is 5.26 Å². The number of amidine groups is 1. The Kier molecular flexibility index (Phi) is 4.19. The van der Waals surface area contributed by atoms with Crippen LogP contribution in [0, 0.1) is 28.9 Å². The van der Waals surface area contributed by atoms with E-state index in [0.29, 0.717) is 6.07 Å². The molecule has 0 radical (unpaired) electrons. The highest BCUT2D eigenvalue weighted by Gasteiger charge is 2.11. The molecule has 1 aromatic rings. The molecule has 0 unspecified atom stereocenters. The van der Waals surface area contributed by atoms with Gasteiger partial charge in [0.2, 0.25) is 0 Å². The fourth-order valence-electron chi connectivity index (χ4n) is 0.906. The summed E-state index contributed by atoms with van der Waals surface area (Å²) < 4.78 is 38.7. The molecule has 0 aliphatic carbocycles. The number of benzene rings is 1. The van der Waals surface area contributed by atoms with E-state index in [4.69, 9.17) is 5.26 Å². The molecule has 0 saturated heterocycles. The largest absolute Gasteiger partial charge is 0.271 e. The predicted octanol–water partition coefficient (Wildman–Crippen LogP) is 2.53. The van der Waals surface area contributed by atoms with Gasteiger partial charge >= 0.3 is 0 Å². The van der Waals surface area contributed by atoms with Gasteiger partial charge in [0.05, 0.1) is 0 Å². The molecule has 3 nitrogen and oxygen atoms in total. The normalized spacial score (nSPS) is 11.1. The quantitative estimate of drug-likeness (QED) is 0.272. The van der Waals surface area contributed by atoms with Crippen molar-refractivity contribution in [1.29, 1.82) is 5.26 Å². The maximum Gasteiger partial charge on any atom is 0.184 e. The van der Waals surface area contributed by atoms with Crippen LogP contribution in [-0.4, -0.2) is 11.4 Å². The maximum absolute atomic E-state index is 13.1. The van der Waals surface area contributed by atoms with Crippen LogP contribution in [0.2, 0.25) is 0 Å². The van der Waals surface area contributed by atoms with Gasteiger partial charge in [-0.25, -0.2) is 18.2 Å². The first-order valence-corrected chi connectivity index (χ1v) is 5.23. The third-order valence-corrected chi connectivity index (χ3v) is 2.13. The number of hydrogen-bond acceptors (Lipinski definition) is 3. The molecule has 16 heavy (non-hydrogen) atoms. The molecule has 0 bridgehead atoms. The van der Waals surface area contributed by atoms with Gasteiger partial charge in [-0.05, 0) is 6.26 Å². The van der Waals surface area contributed by atoms with E-state index in [1.165, 1.54) is 0 Å². The average Bonchev–Trinajstić information content (AvgIpc) is 2.24. The zero-order valence-corrected chi connectivity index (χ0v) is 8.91. The van der Waals surface area contributed by atoms with E-state index in [1.54, 1.807) is 12.4 Å². The van der Waals surface area contributed by atoms with Crippen LogP contribution in [-0.2, 0) is 0 Å². The molecule has 0 heterocycles. The standard InChI is InChI=1S/C9H6F3N3S/c1-16-9(14-4-13)15-7-3-5(10)2-6(11)8(7)12/h2-3H,1H3,(H,14,15). The number of aliphatic imine (C=N–C) groups is 1. The lowest BCUT2D eigenvalue weighted by Gasteiger charge is -2.02. The van der Waals surface area contributed by atoms with Crippen LogP contribution in [0.5, 0.6) is 0 Å². The topological polar surface area (TPSA) is 48.2 Å². The van der Waals surface area contributed by atoms with Gasteiger partial charge in [0.1, 0.15) is 11.5 Å². The summed E-state index contributed by atoms with van der Waals surface area (Å²) in [5, 5.41) is 10.5. The number of hydrogen-bond donors (Lipinski definition) is 1. The van der Waals surface area contributed by atoms with Crippen LogP contribution in [0.4, 0.5) is 18.9 Å². The van der Waals surface area contributed by atoms with E-state index in [0.717, 1.165) is 17.8 Å². The van der Waals surface area contributed by atoms with Crippen molar-refractivity contribution in [2.45, 2.75) is 0 Å². The Morgan fingerprint density at radius 2 is 2.12 bits per heavy atom. The molecule has 0 aliphatic rings. The van der Waals surface area contributed by atoms with Crippen molar-refractivity contribution in [2.24, 2.45) is 4.99 Å². The van der Waals surface area contributed by atoms with Gasteiger partial charge < -0.3 is 0 Å². The van der Waals surface area contributed by atoms with Crippen LogP contribution < -0.4 is 5.32 Å². The second kappa shape index (κ2) is 5.42. The minimum absolute atomic E-state index is 0.0476. The summed E-state index contributed by atoms with van der Waals surface area (Å²) in [5.41, 5.74) is -0.496. The third-order valence-electron chi connectivity index (χ3n) is 1.55. The smallest absolute Gasteiger partial charge is 0.184 e. The molecule has 0 aromatic heterocycles. The van der Waals surface area contributed by atoms with E-state index in [1.807, 2.05) is 0 Å². The maximum atomic E-state index is 13.1. The zero-order chi connectivity index (χ0) is 12.1. The van der Waals surface area contributed by atoms with Gasteiger partial charge in [0.25, 0.3) is 0 Å². The van der Waals surface area contributed by atoms with Crippen LogP contribution in [0.1, 0.15) is 0 Å². The lowest BCUT2D eigenvalue weighted by atomic mass is 10.3. The Morgan fingerprint density at radius 1 is 1.44 bits per heavy atom. The molecular formula is C9H6F3N3S. The van der Waals surface area contributed by atoms with Gasteiger partial charge in [-0.15, -0.1) is 0 Å². The highest BCUT2D eigenvalue weighted by Crippen LogP contribution is 2.22. The third kappa shape index (κ3) is 2.90. The van der Waals surface area contributed by atoms with Gasteiger partial charge in [0.15, 0.2) is 23.0 Å². The van der Waals surface area contributed by atoms with Crippen molar-refractivity contribution in [2.75, 3.05) is 6.26 Å². The lowest BCUT2D eigenvalue weighted by Crippen LogP contribution is -2.12.